The second-order valence-electron chi connectivity index (χ2n) is 4.97. The van der Waals surface area contributed by atoms with Crippen LogP contribution in [0.1, 0.15) is 16.7 Å². The quantitative estimate of drug-likeness (QED) is 0.594. The van der Waals surface area contributed by atoms with Gasteiger partial charge in [0, 0.05) is 22.9 Å². The molecule has 5 heteroatoms. The van der Waals surface area contributed by atoms with Gasteiger partial charge in [-0.05, 0) is 17.7 Å². The Labute approximate surface area is 125 Å². The highest BCUT2D eigenvalue weighted by atomic mass is 19.1. The van der Waals surface area contributed by atoms with Crippen LogP contribution in [-0.2, 0) is 13.1 Å². The van der Waals surface area contributed by atoms with Gasteiger partial charge in [-0.1, -0.05) is 30.3 Å². The Morgan fingerprint density at radius 1 is 1.05 bits per heavy atom. The average Bonchev–Trinajstić information content (AvgIpc) is 2.52. The van der Waals surface area contributed by atoms with Gasteiger partial charge in [-0.25, -0.2) is 13.6 Å². The van der Waals surface area contributed by atoms with Gasteiger partial charge in [-0.15, -0.1) is 0 Å². The SMILES string of the molecule is Nc1cccc(Cc2c(CF)c3ccccc3oc2=O)c1F. The predicted octanol–water partition coefficient (Wildman–Crippen LogP) is 3.57. The summed E-state index contributed by atoms with van der Waals surface area (Å²) >= 11 is 0. The van der Waals surface area contributed by atoms with Crippen LogP contribution in [0.5, 0.6) is 0 Å². The van der Waals surface area contributed by atoms with Crippen molar-refractivity contribution in [2.45, 2.75) is 13.1 Å². The zero-order valence-electron chi connectivity index (χ0n) is 11.6. The molecule has 3 rings (SSSR count). The number of nitrogens with two attached hydrogens (primary N) is 1. The molecule has 1 aromatic heterocycles. The lowest BCUT2D eigenvalue weighted by Crippen LogP contribution is -2.13. The van der Waals surface area contributed by atoms with Gasteiger partial charge in [0.1, 0.15) is 18.1 Å². The number of alkyl halides is 1. The first kappa shape index (κ1) is 14.3. The van der Waals surface area contributed by atoms with E-state index >= 15 is 0 Å². The van der Waals surface area contributed by atoms with Crippen molar-refractivity contribution < 1.29 is 13.2 Å². The van der Waals surface area contributed by atoms with Crippen molar-refractivity contribution in [2.24, 2.45) is 0 Å². The van der Waals surface area contributed by atoms with Crippen LogP contribution in [0, 0.1) is 5.82 Å². The number of nitrogen functional groups attached to an aromatic ring is 1. The van der Waals surface area contributed by atoms with E-state index in [1.54, 1.807) is 30.3 Å². The summed E-state index contributed by atoms with van der Waals surface area (Å²) in [7, 11) is 0. The van der Waals surface area contributed by atoms with Crippen molar-refractivity contribution >= 4 is 16.7 Å². The molecule has 0 aliphatic rings. The lowest BCUT2D eigenvalue weighted by Gasteiger charge is -2.10. The lowest BCUT2D eigenvalue weighted by molar-refractivity contribution is 0.476. The molecule has 0 unspecified atom stereocenters. The van der Waals surface area contributed by atoms with E-state index < -0.39 is 18.1 Å². The van der Waals surface area contributed by atoms with Gasteiger partial charge < -0.3 is 10.2 Å². The molecule has 0 saturated heterocycles. The molecule has 2 N–H and O–H groups in total. The highest BCUT2D eigenvalue weighted by Gasteiger charge is 2.17. The van der Waals surface area contributed by atoms with E-state index in [9.17, 15) is 13.6 Å². The maximum atomic E-state index is 14.0. The Balaban J connectivity index is 2.20. The number of para-hydroxylation sites is 1. The van der Waals surface area contributed by atoms with Gasteiger partial charge in [-0.3, -0.25) is 0 Å². The van der Waals surface area contributed by atoms with Crippen LogP contribution in [0.3, 0.4) is 0 Å². The largest absolute Gasteiger partial charge is 0.422 e. The van der Waals surface area contributed by atoms with E-state index in [2.05, 4.69) is 0 Å². The molecule has 0 aliphatic heterocycles. The number of fused-ring (bicyclic) bond motifs is 1. The molecule has 0 atom stereocenters. The topological polar surface area (TPSA) is 56.2 Å². The van der Waals surface area contributed by atoms with Crippen molar-refractivity contribution in [3.8, 4) is 0 Å². The van der Waals surface area contributed by atoms with Gasteiger partial charge in [0.2, 0.25) is 0 Å². The van der Waals surface area contributed by atoms with Crippen LogP contribution in [0.2, 0.25) is 0 Å². The van der Waals surface area contributed by atoms with Crippen LogP contribution in [0.15, 0.2) is 51.7 Å². The second-order valence-corrected chi connectivity index (χ2v) is 4.97. The van der Waals surface area contributed by atoms with Crippen molar-refractivity contribution in [3.63, 3.8) is 0 Å². The molecule has 1 heterocycles. The van der Waals surface area contributed by atoms with E-state index in [1.807, 2.05) is 0 Å². The molecular formula is C17H13F2NO2. The fourth-order valence-corrected chi connectivity index (χ4v) is 2.51. The van der Waals surface area contributed by atoms with Crippen molar-refractivity contribution in [2.75, 3.05) is 5.73 Å². The zero-order chi connectivity index (χ0) is 15.7. The Morgan fingerprint density at radius 2 is 1.82 bits per heavy atom. The van der Waals surface area contributed by atoms with Crippen molar-refractivity contribution in [1.82, 2.24) is 0 Å². The average molecular weight is 301 g/mol. The normalized spacial score (nSPS) is 11.0. The van der Waals surface area contributed by atoms with Crippen molar-refractivity contribution in [3.05, 3.63) is 75.4 Å². The summed E-state index contributed by atoms with van der Waals surface area (Å²) in [5.74, 6) is -0.597. The number of rotatable bonds is 3. The molecule has 0 amide bonds. The number of benzene rings is 2. The first-order valence-electron chi connectivity index (χ1n) is 6.74. The van der Waals surface area contributed by atoms with Crippen molar-refractivity contribution in [1.29, 1.82) is 0 Å². The molecule has 3 nitrogen and oxygen atoms in total. The molecule has 22 heavy (non-hydrogen) atoms. The van der Waals surface area contributed by atoms with Crippen LogP contribution < -0.4 is 11.4 Å². The molecule has 2 aromatic carbocycles. The summed E-state index contributed by atoms with van der Waals surface area (Å²) in [6.07, 6.45) is -0.0662. The number of hydrogen-bond donors (Lipinski definition) is 1. The summed E-state index contributed by atoms with van der Waals surface area (Å²) in [5.41, 5.74) is 5.75. The van der Waals surface area contributed by atoms with Crippen LogP contribution in [0.25, 0.3) is 11.0 Å². The standard InChI is InChI=1S/C17H13F2NO2/c18-9-13-11-5-1-2-7-15(11)22-17(21)12(13)8-10-4-3-6-14(20)16(10)19/h1-7H,8-9,20H2. The number of halogens is 2. The Bertz CT molecular complexity index is 903. The molecule has 3 aromatic rings. The molecule has 0 saturated carbocycles. The Hall–Kier alpha value is -2.69. The van der Waals surface area contributed by atoms with E-state index in [1.165, 1.54) is 12.1 Å². The summed E-state index contributed by atoms with van der Waals surface area (Å²) < 4.78 is 32.7. The maximum Gasteiger partial charge on any atom is 0.340 e. The smallest absolute Gasteiger partial charge is 0.340 e. The molecular weight excluding hydrogens is 288 g/mol. The van der Waals surface area contributed by atoms with Gasteiger partial charge in [0.25, 0.3) is 0 Å². The third-order valence-corrected chi connectivity index (χ3v) is 3.63. The fourth-order valence-electron chi connectivity index (χ4n) is 2.51. The minimum absolute atomic E-state index is 0.00975. The molecule has 0 spiro atoms. The van der Waals surface area contributed by atoms with Gasteiger partial charge >= 0.3 is 5.63 Å². The highest BCUT2D eigenvalue weighted by molar-refractivity contribution is 5.81. The second kappa shape index (κ2) is 5.60. The molecule has 112 valence electrons. The summed E-state index contributed by atoms with van der Waals surface area (Å²) in [4.78, 5) is 12.1. The minimum Gasteiger partial charge on any atom is -0.422 e. The van der Waals surface area contributed by atoms with E-state index in [0.717, 1.165) is 0 Å². The number of anilines is 1. The summed E-state index contributed by atoms with van der Waals surface area (Å²) in [6.45, 7) is -0.828. The Morgan fingerprint density at radius 3 is 2.59 bits per heavy atom. The van der Waals surface area contributed by atoms with Gasteiger partial charge in [-0.2, -0.15) is 0 Å². The first-order valence-corrected chi connectivity index (χ1v) is 6.74. The predicted molar refractivity (Wildman–Crippen MR) is 80.9 cm³/mol. The minimum atomic E-state index is -0.828. The summed E-state index contributed by atoms with van der Waals surface area (Å²) in [6, 6.07) is 11.2. The van der Waals surface area contributed by atoms with Gasteiger partial charge in [0.05, 0.1) is 5.69 Å². The van der Waals surface area contributed by atoms with E-state index in [0.29, 0.717) is 11.0 Å². The first-order chi connectivity index (χ1) is 10.6. The third kappa shape index (κ3) is 2.35. The molecule has 0 radical (unpaired) electrons. The van der Waals surface area contributed by atoms with E-state index in [4.69, 9.17) is 10.2 Å². The Kier molecular flexibility index (Phi) is 3.63. The van der Waals surface area contributed by atoms with E-state index in [-0.39, 0.29) is 28.8 Å². The third-order valence-electron chi connectivity index (χ3n) is 3.63. The molecule has 0 aliphatic carbocycles. The fraction of sp³-hybridized carbons (Fsp3) is 0.118. The molecule has 0 fully saturated rings. The zero-order valence-corrected chi connectivity index (χ0v) is 11.6. The summed E-state index contributed by atoms with van der Waals surface area (Å²) in [5, 5.41) is 0.518. The van der Waals surface area contributed by atoms with Crippen LogP contribution in [-0.4, -0.2) is 0 Å². The number of hydrogen-bond acceptors (Lipinski definition) is 3. The monoisotopic (exact) mass is 301 g/mol. The van der Waals surface area contributed by atoms with Crippen LogP contribution >= 0.6 is 0 Å². The van der Waals surface area contributed by atoms with Gasteiger partial charge in [0.15, 0.2) is 0 Å². The highest BCUT2D eigenvalue weighted by Crippen LogP contribution is 2.24. The maximum absolute atomic E-state index is 14.0. The van der Waals surface area contributed by atoms with Crippen LogP contribution in [0.4, 0.5) is 14.5 Å². The molecule has 0 bridgehead atoms. The lowest BCUT2D eigenvalue weighted by atomic mass is 9.98.